The number of unbranched alkanes of at least 4 members (excludes halogenated alkanes) is 1. The van der Waals surface area contributed by atoms with Gasteiger partial charge < -0.3 is 4.74 Å². The first-order valence-electron chi connectivity index (χ1n) is 6.88. The van der Waals surface area contributed by atoms with Gasteiger partial charge in [0.05, 0.1) is 4.88 Å². The summed E-state index contributed by atoms with van der Waals surface area (Å²) in [6.45, 7) is 6.34. The van der Waals surface area contributed by atoms with Gasteiger partial charge in [-0.3, -0.25) is 4.79 Å². The third kappa shape index (κ3) is 3.70. The van der Waals surface area contributed by atoms with E-state index in [1.807, 2.05) is 29.0 Å². The summed E-state index contributed by atoms with van der Waals surface area (Å²) in [4.78, 5) is 13.9. The van der Waals surface area contributed by atoms with Crippen LogP contribution in [0.4, 0.5) is 0 Å². The molecule has 0 atom stereocenters. The van der Waals surface area contributed by atoms with Gasteiger partial charge in [-0.2, -0.15) is 0 Å². The van der Waals surface area contributed by atoms with Crippen LogP contribution in [0, 0.1) is 0 Å². The second-order valence-electron chi connectivity index (χ2n) is 5.39. The summed E-state index contributed by atoms with van der Waals surface area (Å²) in [5.74, 6) is 0.783. The molecule has 4 heteroatoms. The van der Waals surface area contributed by atoms with Crippen LogP contribution in [0.15, 0.2) is 29.0 Å². The Labute approximate surface area is 128 Å². The minimum absolute atomic E-state index is 0.0660. The number of ether oxygens (including phenoxy) is 1. The van der Waals surface area contributed by atoms with Gasteiger partial charge in [-0.15, -0.1) is 22.7 Å². The van der Waals surface area contributed by atoms with E-state index in [9.17, 15) is 4.79 Å². The quantitative estimate of drug-likeness (QED) is 0.641. The molecule has 0 bridgehead atoms. The smallest absolute Gasteiger partial charge is 0.216 e. The first-order chi connectivity index (χ1) is 9.53. The van der Waals surface area contributed by atoms with Crippen LogP contribution in [0.1, 0.15) is 54.6 Å². The van der Waals surface area contributed by atoms with E-state index < -0.39 is 0 Å². The predicted octanol–water partition coefficient (Wildman–Crippen LogP) is 5.39. The van der Waals surface area contributed by atoms with Gasteiger partial charge in [0.2, 0.25) is 5.78 Å². The molecule has 108 valence electrons. The molecule has 0 saturated carbocycles. The normalized spacial score (nSPS) is 11.6. The van der Waals surface area contributed by atoms with Crippen molar-refractivity contribution in [3.05, 3.63) is 38.7 Å². The van der Waals surface area contributed by atoms with Crippen molar-refractivity contribution in [3.8, 4) is 5.75 Å². The third-order valence-electron chi connectivity index (χ3n) is 3.10. The van der Waals surface area contributed by atoms with Crippen molar-refractivity contribution in [2.75, 3.05) is 0 Å². The minimum atomic E-state index is -0.235. The van der Waals surface area contributed by atoms with Crippen molar-refractivity contribution in [2.45, 2.75) is 45.6 Å². The summed E-state index contributed by atoms with van der Waals surface area (Å²) in [6.07, 6.45) is 3.27. The maximum absolute atomic E-state index is 12.4. The summed E-state index contributed by atoms with van der Waals surface area (Å²) < 4.78 is 6.09. The summed E-state index contributed by atoms with van der Waals surface area (Å²) in [7, 11) is 0. The van der Waals surface area contributed by atoms with Crippen LogP contribution in [0.5, 0.6) is 5.75 Å². The van der Waals surface area contributed by atoms with Crippen molar-refractivity contribution in [1.82, 2.24) is 0 Å². The number of ketones is 1. The van der Waals surface area contributed by atoms with Gasteiger partial charge in [-0.1, -0.05) is 19.4 Å². The van der Waals surface area contributed by atoms with E-state index in [4.69, 9.17) is 4.74 Å². The van der Waals surface area contributed by atoms with E-state index in [-0.39, 0.29) is 11.4 Å². The highest BCUT2D eigenvalue weighted by atomic mass is 32.1. The van der Waals surface area contributed by atoms with Gasteiger partial charge in [0.25, 0.3) is 0 Å². The SMILES string of the molecule is CCCCC(C)(C)Oc1ccsc1C(=O)c1cccs1. The van der Waals surface area contributed by atoms with Crippen LogP contribution in [0.3, 0.4) is 0 Å². The Morgan fingerprint density at radius 2 is 2.05 bits per heavy atom. The molecular formula is C16H20O2S2. The lowest BCUT2D eigenvalue weighted by Crippen LogP contribution is -2.28. The second-order valence-corrected chi connectivity index (χ2v) is 7.25. The molecule has 0 amide bonds. The predicted molar refractivity (Wildman–Crippen MR) is 86.3 cm³/mol. The van der Waals surface area contributed by atoms with E-state index in [2.05, 4.69) is 20.8 Å². The number of hydrogen-bond acceptors (Lipinski definition) is 4. The van der Waals surface area contributed by atoms with Crippen LogP contribution in [-0.4, -0.2) is 11.4 Å². The minimum Gasteiger partial charge on any atom is -0.486 e. The van der Waals surface area contributed by atoms with E-state index in [1.54, 1.807) is 0 Å². The zero-order chi connectivity index (χ0) is 14.6. The fraction of sp³-hybridized carbons (Fsp3) is 0.438. The highest BCUT2D eigenvalue weighted by molar-refractivity contribution is 7.16. The molecule has 2 rings (SSSR count). The highest BCUT2D eigenvalue weighted by Crippen LogP contribution is 2.32. The molecule has 2 heterocycles. The van der Waals surface area contributed by atoms with Crippen LogP contribution in [0.25, 0.3) is 0 Å². The second kappa shape index (κ2) is 6.55. The molecule has 0 radical (unpaired) electrons. The van der Waals surface area contributed by atoms with Crippen LogP contribution in [-0.2, 0) is 0 Å². The first-order valence-corrected chi connectivity index (χ1v) is 8.64. The molecule has 0 aliphatic carbocycles. The fourth-order valence-corrected chi connectivity index (χ4v) is 3.52. The van der Waals surface area contributed by atoms with Gasteiger partial charge in [-0.25, -0.2) is 0 Å². The Balaban J connectivity index is 2.15. The Hall–Kier alpha value is -1.13. The summed E-state index contributed by atoms with van der Waals surface area (Å²) in [5, 5.41) is 3.85. The number of rotatable bonds is 7. The molecule has 0 fully saturated rings. The largest absolute Gasteiger partial charge is 0.486 e. The van der Waals surface area contributed by atoms with Crippen molar-refractivity contribution in [3.63, 3.8) is 0 Å². The van der Waals surface area contributed by atoms with Crippen LogP contribution >= 0.6 is 22.7 Å². The van der Waals surface area contributed by atoms with E-state index >= 15 is 0 Å². The van der Waals surface area contributed by atoms with E-state index in [0.717, 1.165) is 29.9 Å². The molecule has 2 aromatic heterocycles. The summed E-state index contributed by atoms with van der Waals surface area (Å²) in [5.41, 5.74) is -0.235. The van der Waals surface area contributed by atoms with Gasteiger partial charge in [0.15, 0.2) is 0 Å². The fourth-order valence-electron chi connectivity index (χ4n) is 2.01. The lowest BCUT2D eigenvalue weighted by molar-refractivity contribution is 0.0924. The van der Waals surface area contributed by atoms with Crippen molar-refractivity contribution < 1.29 is 9.53 Å². The topological polar surface area (TPSA) is 26.3 Å². The summed E-state index contributed by atoms with van der Waals surface area (Å²) in [6, 6.07) is 5.66. The van der Waals surface area contributed by atoms with Gasteiger partial charge in [0.1, 0.15) is 16.2 Å². The van der Waals surface area contributed by atoms with Crippen molar-refractivity contribution in [2.24, 2.45) is 0 Å². The molecule has 0 unspecified atom stereocenters. The van der Waals surface area contributed by atoms with Gasteiger partial charge >= 0.3 is 0 Å². The van der Waals surface area contributed by atoms with Crippen molar-refractivity contribution >= 4 is 28.5 Å². The molecular weight excluding hydrogens is 288 g/mol. The lowest BCUT2D eigenvalue weighted by atomic mass is 10.0. The monoisotopic (exact) mass is 308 g/mol. The molecule has 20 heavy (non-hydrogen) atoms. The first kappa shape index (κ1) is 15.3. The number of thiophene rings is 2. The summed E-state index contributed by atoms with van der Waals surface area (Å²) >= 11 is 2.92. The third-order valence-corrected chi connectivity index (χ3v) is 4.86. The van der Waals surface area contributed by atoms with Crippen LogP contribution in [0.2, 0.25) is 0 Å². The van der Waals surface area contributed by atoms with Gasteiger partial charge in [0, 0.05) is 0 Å². The molecule has 2 aromatic rings. The maximum Gasteiger partial charge on any atom is 0.216 e. The molecule has 0 aliphatic heterocycles. The number of hydrogen-bond donors (Lipinski definition) is 0. The van der Waals surface area contributed by atoms with Gasteiger partial charge in [-0.05, 0) is 49.6 Å². The molecule has 0 saturated heterocycles. The Morgan fingerprint density at radius 1 is 1.25 bits per heavy atom. The molecule has 0 aliphatic rings. The molecule has 2 nitrogen and oxygen atoms in total. The highest BCUT2D eigenvalue weighted by Gasteiger charge is 2.24. The maximum atomic E-state index is 12.4. The molecule has 0 aromatic carbocycles. The van der Waals surface area contributed by atoms with E-state index in [1.165, 1.54) is 22.7 Å². The average Bonchev–Trinajstić information content (AvgIpc) is 3.06. The van der Waals surface area contributed by atoms with Crippen molar-refractivity contribution in [1.29, 1.82) is 0 Å². The molecule has 0 N–H and O–H groups in total. The Bertz CT molecular complexity index is 553. The van der Waals surface area contributed by atoms with E-state index in [0.29, 0.717) is 4.88 Å². The zero-order valence-electron chi connectivity index (χ0n) is 12.1. The number of carbonyl (C=O) groups is 1. The Morgan fingerprint density at radius 3 is 2.70 bits per heavy atom. The number of carbonyl (C=O) groups excluding carboxylic acids is 1. The lowest BCUT2D eigenvalue weighted by Gasteiger charge is -2.26. The standard InChI is InChI=1S/C16H20O2S2/c1-4-5-9-16(2,3)18-12-8-11-20-15(12)14(17)13-7-6-10-19-13/h6-8,10-11H,4-5,9H2,1-3H3. The molecule has 0 spiro atoms. The zero-order valence-corrected chi connectivity index (χ0v) is 13.8. The average molecular weight is 308 g/mol. The van der Waals surface area contributed by atoms with Crippen LogP contribution < -0.4 is 4.74 Å². The Kier molecular flexibility index (Phi) is 5.00.